The first kappa shape index (κ1) is 6.69. The molecule has 5 N–H and O–H groups in total. The van der Waals surface area contributed by atoms with Gasteiger partial charge in [-0.15, -0.1) is 0 Å². The summed E-state index contributed by atoms with van der Waals surface area (Å²) >= 11 is 0. The summed E-state index contributed by atoms with van der Waals surface area (Å²) in [4.78, 5) is 24.2. The highest BCUT2D eigenvalue weighted by Gasteiger charge is 2.24. The minimum atomic E-state index is -0.988. The molecule has 0 fully saturated rings. The molecular formula is C4H6N4O2. The van der Waals surface area contributed by atoms with E-state index in [1.807, 2.05) is 5.32 Å². The lowest BCUT2D eigenvalue weighted by Crippen LogP contribution is -2.54. The second-order valence-corrected chi connectivity index (χ2v) is 1.81. The molecular weight excluding hydrogens is 136 g/mol. The second-order valence-electron chi connectivity index (χ2n) is 1.81. The summed E-state index contributed by atoms with van der Waals surface area (Å²) in [5, 5.41) is 1.89. The van der Waals surface area contributed by atoms with Crippen LogP contribution in [-0.4, -0.2) is 23.8 Å². The normalized spacial score (nSPS) is 25.7. The van der Waals surface area contributed by atoms with Crippen LogP contribution < -0.4 is 16.8 Å². The van der Waals surface area contributed by atoms with Crippen molar-refractivity contribution in [3.63, 3.8) is 0 Å². The highest BCUT2D eigenvalue weighted by atomic mass is 16.2. The molecule has 0 spiro atoms. The molecule has 1 aliphatic rings. The van der Waals surface area contributed by atoms with Gasteiger partial charge in [-0.25, -0.2) is 4.79 Å². The van der Waals surface area contributed by atoms with Gasteiger partial charge in [0, 0.05) is 0 Å². The first-order valence-corrected chi connectivity index (χ1v) is 2.55. The molecule has 0 unspecified atom stereocenters. The molecule has 1 atom stereocenters. The number of rotatable bonds is 0. The Balaban J connectivity index is 2.91. The predicted molar refractivity (Wildman–Crippen MR) is 33.1 cm³/mol. The monoisotopic (exact) mass is 142 g/mol. The van der Waals surface area contributed by atoms with Crippen LogP contribution in [0.15, 0.2) is 4.99 Å². The van der Waals surface area contributed by atoms with E-state index in [9.17, 15) is 9.59 Å². The van der Waals surface area contributed by atoms with Crippen molar-refractivity contribution in [2.75, 3.05) is 0 Å². The van der Waals surface area contributed by atoms with E-state index in [-0.39, 0.29) is 5.84 Å². The maximum absolute atomic E-state index is 10.6. The highest BCUT2D eigenvalue weighted by molar-refractivity contribution is 6.17. The molecule has 0 aromatic heterocycles. The maximum atomic E-state index is 10.6. The topological polar surface area (TPSA) is 111 Å². The van der Waals surface area contributed by atoms with Gasteiger partial charge in [0.2, 0.25) is 0 Å². The van der Waals surface area contributed by atoms with Gasteiger partial charge < -0.3 is 11.5 Å². The van der Waals surface area contributed by atoms with Gasteiger partial charge >= 0.3 is 6.03 Å². The third-order valence-corrected chi connectivity index (χ3v) is 1.06. The predicted octanol–water partition coefficient (Wildman–Crippen LogP) is -2.08. The number of aliphatic imine (C=N–C) groups is 1. The van der Waals surface area contributed by atoms with Crippen molar-refractivity contribution in [3.05, 3.63) is 0 Å². The molecule has 1 rings (SSSR count). The number of nitrogens with one attached hydrogen (secondary N) is 1. The van der Waals surface area contributed by atoms with Gasteiger partial charge in [-0.05, 0) is 0 Å². The number of amidine groups is 1. The summed E-state index contributed by atoms with van der Waals surface area (Å²) in [6.45, 7) is 0. The number of imide groups is 1. The van der Waals surface area contributed by atoms with Crippen molar-refractivity contribution in [2.45, 2.75) is 6.04 Å². The summed E-state index contributed by atoms with van der Waals surface area (Å²) in [7, 11) is 0. The molecule has 1 aliphatic heterocycles. The molecule has 0 aliphatic carbocycles. The number of amides is 3. The lowest BCUT2D eigenvalue weighted by atomic mass is 10.2. The fraction of sp³-hybridized carbons (Fsp3) is 0.250. The van der Waals surface area contributed by atoms with Crippen LogP contribution in [0.1, 0.15) is 0 Å². The number of hydrogen-bond acceptors (Lipinski definition) is 4. The Morgan fingerprint density at radius 3 is 2.60 bits per heavy atom. The number of carbonyl (C=O) groups excluding carboxylic acids is 2. The van der Waals surface area contributed by atoms with E-state index in [1.165, 1.54) is 0 Å². The number of carbonyl (C=O) groups is 2. The SMILES string of the molecule is NC1=NC(=O)NC(=O)[C@H]1N. The lowest BCUT2D eigenvalue weighted by Gasteiger charge is -2.13. The molecule has 54 valence electrons. The summed E-state index contributed by atoms with van der Waals surface area (Å²) in [6, 6.07) is -1.75. The standard InChI is InChI=1S/C4H6N4O2/c5-1-2(6)7-4(10)8-3(1)9/h1H,5H2,(H3,6,7,8,9,10)/t1-/m0/s1. The van der Waals surface area contributed by atoms with Crippen LogP contribution in [-0.2, 0) is 4.79 Å². The molecule has 0 radical (unpaired) electrons. The maximum Gasteiger partial charge on any atom is 0.349 e. The fourth-order valence-electron chi connectivity index (χ4n) is 0.532. The molecule has 0 bridgehead atoms. The first-order chi connectivity index (χ1) is 4.61. The van der Waals surface area contributed by atoms with Crippen LogP contribution in [0.25, 0.3) is 0 Å². The van der Waals surface area contributed by atoms with E-state index < -0.39 is 18.0 Å². The molecule has 0 aromatic carbocycles. The quantitative estimate of drug-likeness (QED) is 0.360. The molecule has 1 heterocycles. The summed E-state index contributed by atoms with van der Waals surface area (Å²) in [5.74, 6) is -0.758. The Kier molecular flexibility index (Phi) is 1.38. The third-order valence-electron chi connectivity index (χ3n) is 1.06. The smallest absolute Gasteiger partial charge is 0.349 e. The van der Waals surface area contributed by atoms with E-state index >= 15 is 0 Å². The van der Waals surface area contributed by atoms with Crippen LogP contribution in [0.5, 0.6) is 0 Å². The highest BCUT2D eigenvalue weighted by Crippen LogP contribution is 1.89. The van der Waals surface area contributed by atoms with Crippen molar-refractivity contribution in [3.8, 4) is 0 Å². The zero-order valence-electron chi connectivity index (χ0n) is 5.00. The first-order valence-electron chi connectivity index (χ1n) is 2.55. The van der Waals surface area contributed by atoms with Crippen molar-refractivity contribution >= 4 is 17.8 Å². The molecule has 0 aromatic rings. The molecule has 10 heavy (non-hydrogen) atoms. The van der Waals surface area contributed by atoms with Crippen LogP contribution in [0.4, 0.5) is 4.79 Å². The van der Waals surface area contributed by atoms with E-state index in [1.54, 1.807) is 0 Å². The molecule has 0 saturated heterocycles. The molecule has 6 heteroatoms. The Morgan fingerprint density at radius 2 is 2.10 bits per heavy atom. The molecule has 6 nitrogen and oxygen atoms in total. The minimum Gasteiger partial charge on any atom is -0.385 e. The lowest BCUT2D eigenvalue weighted by molar-refractivity contribution is -0.120. The number of nitrogens with zero attached hydrogens (tertiary/aromatic N) is 1. The van der Waals surface area contributed by atoms with Crippen LogP contribution in [0.3, 0.4) is 0 Å². The van der Waals surface area contributed by atoms with E-state index in [0.717, 1.165) is 0 Å². The summed E-state index contributed by atoms with van der Waals surface area (Å²) in [5.41, 5.74) is 10.3. The van der Waals surface area contributed by atoms with E-state index in [2.05, 4.69) is 4.99 Å². The van der Waals surface area contributed by atoms with Crippen molar-refractivity contribution < 1.29 is 9.59 Å². The Morgan fingerprint density at radius 1 is 1.50 bits per heavy atom. The van der Waals surface area contributed by atoms with Gasteiger partial charge in [-0.3, -0.25) is 10.1 Å². The molecule has 3 amide bonds. The number of urea groups is 1. The third kappa shape index (κ3) is 0.960. The van der Waals surface area contributed by atoms with Gasteiger partial charge in [-0.1, -0.05) is 0 Å². The van der Waals surface area contributed by atoms with Gasteiger partial charge in [0.05, 0.1) is 0 Å². The van der Waals surface area contributed by atoms with Crippen LogP contribution in [0.2, 0.25) is 0 Å². The number of hydrogen-bond donors (Lipinski definition) is 3. The Bertz CT molecular complexity index is 221. The fourth-order valence-corrected chi connectivity index (χ4v) is 0.532. The van der Waals surface area contributed by atoms with Crippen molar-refractivity contribution in [1.82, 2.24) is 5.32 Å². The Hall–Kier alpha value is -1.43. The van der Waals surface area contributed by atoms with Crippen molar-refractivity contribution in [1.29, 1.82) is 0 Å². The zero-order chi connectivity index (χ0) is 7.72. The number of nitrogens with two attached hydrogens (primary N) is 2. The Labute approximate surface area is 56.3 Å². The second kappa shape index (κ2) is 2.07. The van der Waals surface area contributed by atoms with E-state index in [4.69, 9.17) is 11.5 Å². The largest absolute Gasteiger partial charge is 0.385 e. The average Bonchev–Trinajstić information content (AvgIpc) is 1.82. The molecule has 0 saturated carbocycles. The van der Waals surface area contributed by atoms with Gasteiger partial charge in [-0.2, -0.15) is 4.99 Å². The van der Waals surface area contributed by atoms with Crippen molar-refractivity contribution in [2.24, 2.45) is 16.5 Å². The van der Waals surface area contributed by atoms with Gasteiger partial charge in [0.15, 0.2) is 0 Å². The minimum absolute atomic E-state index is 0.145. The van der Waals surface area contributed by atoms with E-state index in [0.29, 0.717) is 0 Å². The average molecular weight is 142 g/mol. The summed E-state index contributed by atoms with van der Waals surface area (Å²) < 4.78 is 0. The summed E-state index contributed by atoms with van der Waals surface area (Å²) in [6.07, 6.45) is 0. The van der Waals surface area contributed by atoms with Crippen LogP contribution in [0, 0.1) is 0 Å². The van der Waals surface area contributed by atoms with Gasteiger partial charge in [0.25, 0.3) is 5.91 Å². The van der Waals surface area contributed by atoms with Crippen LogP contribution >= 0.6 is 0 Å². The zero-order valence-corrected chi connectivity index (χ0v) is 5.00. The van der Waals surface area contributed by atoms with Gasteiger partial charge in [0.1, 0.15) is 11.9 Å².